The quantitative estimate of drug-likeness (QED) is 0.839. The van der Waals surface area contributed by atoms with Crippen LogP contribution < -0.4 is 0 Å². The predicted octanol–water partition coefficient (Wildman–Crippen LogP) is 3.45. The van der Waals surface area contributed by atoms with Crippen LogP contribution in [0.1, 0.15) is 57.6 Å². The van der Waals surface area contributed by atoms with Gasteiger partial charge in [-0.3, -0.25) is 9.80 Å². The lowest BCUT2D eigenvalue weighted by Crippen LogP contribution is -2.43. The van der Waals surface area contributed by atoms with Gasteiger partial charge in [-0.15, -0.1) is 0 Å². The van der Waals surface area contributed by atoms with Crippen molar-refractivity contribution in [3.8, 4) is 0 Å². The van der Waals surface area contributed by atoms with Gasteiger partial charge in [-0.2, -0.15) is 0 Å². The van der Waals surface area contributed by atoms with E-state index in [0.29, 0.717) is 12.1 Å². The topological polar surface area (TPSA) is 26.5 Å². The van der Waals surface area contributed by atoms with E-state index in [0.717, 1.165) is 24.5 Å². The zero-order valence-electron chi connectivity index (χ0n) is 15.1. The summed E-state index contributed by atoms with van der Waals surface area (Å²) in [5.74, 6) is 0.910. The molecule has 1 aromatic carbocycles. The van der Waals surface area contributed by atoms with Crippen molar-refractivity contribution in [2.24, 2.45) is 5.92 Å². The summed E-state index contributed by atoms with van der Waals surface area (Å²) in [5, 5.41) is 9.98. The van der Waals surface area contributed by atoms with E-state index >= 15 is 0 Å². The van der Waals surface area contributed by atoms with E-state index in [2.05, 4.69) is 54.0 Å². The Morgan fingerprint density at radius 1 is 1.12 bits per heavy atom. The normalized spacial score (nSPS) is 36.3. The molecule has 3 aliphatic rings. The Labute approximate surface area is 146 Å². The summed E-state index contributed by atoms with van der Waals surface area (Å²) in [6.07, 6.45) is 7.16. The first-order valence-electron chi connectivity index (χ1n) is 9.91. The van der Waals surface area contributed by atoms with Crippen LogP contribution in [-0.4, -0.2) is 52.2 Å². The number of nitrogens with zero attached hydrogens (tertiary/aromatic N) is 2. The standard InChI is InChI=1S/C21H32N2O/c1-15(17-9-5-3-6-10-17)23-19-13-22(16(2)21(19)23)20(14-24)18-11-7-4-8-12-18/h4,7-8,11-12,15-17,19-21,24H,3,5-6,9-10,13-14H2,1-2H3/t15-,16-,19-,20-,21+,23?/m1/s1. The third-order valence-electron chi connectivity index (χ3n) is 7.01. The van der Waals surface area contributed by atoms with Crippen LogP contribution in [0.3, 0.4) is 0 Å². The van der Waals surface area contributed by atoms with Gasteiger partial charge in [-0.1, -0.05) is 49.6 Å². The second-order valence-electron chi connectivity index (χ2n) is 8.19. The number of aliphatic hydroxyl groups excluding tert-OH is 1. The number of rotatable bonds is 5. The van der Waals surface area contributed by atoms with Crippen molar-refractivity contribution >= 4 is 0 Å². The molecule has 6 atom stereocenters. The summed E-state index contributed by atoms with van der Waals surface area (Å²) >= 11 is 0. The minimum Gasteiger partial charge on any atom is -0.394 e. The number of hydrogen-bond donors (Lipinski definition) is 1. The van der Waals surface area contributed by atoms with Gasteiger partial charge in [-0.25, -0.2) is 0 Å². The molecule has 1 N–H and O–H groups in total. The molecule has 2 saturated heterocycles. The predicted molar refractivity (Wildman–Crippen MR) is 97.9 cm³/mol. The van der Waals surface area contributed by atoms with Gasteiger partial charge in [0, 0.05) is 30.7 Å². The zero-order valence-corrected chi connectivity index (χ0v) is 15.1. The number of hydrogen-bond acceptors (Lipinski definition) is 3. The molecule has 1 aliphatic carbocycles. The summed E-state index contributed by atoms with van der Waals surface area (Å²) in [5.41, 5.74) is 1.25. The fourth-order valence-electron chi connectivity index (χ4n) is 5.59. The van der Waals surface area contributed by atoms with Crippen molar-refractivity contribution in [3.63, 3.8) is 0 Å². The average Bonchev–Trinajstić information content (AvgIpc) is 3.26. The molecule has 1 saturated carbocycles. The Bertz CT molecular complexity index is 542. The van der Waals surface area contributed by atoms with Crippen LogP contribution in [0.2, 0.25) is 0 Å². The first-order valence-corrected chi connectivity index (χ1v) is 9.91. The van der Waals surface area contributed by atoms with E-state index in [-0.39, 0.29) is 12.6 Å². The maximum atomic E-state index is 9.98. The van der Waals surface area contributed by atoms with Crippen molar-refractivity contribution in [1.29, 1.82) is 0 Å². The highest BCUT2D eigenvalue weighted by Crippen LogP contribution is 2.47. The molecule has 24 heavy (non-hydrogen) atoms. The molecule has 2 heterocycles. The second kappa shape index (κ2) is 6.78. The summed E-state index contributed by atoms with van der Waals surface area (Å²) in [4.78, 5) is 5.32. The molecule has 4 rings (SSSR count). The van der Waals surface area contributed by atoms with Crippen molar-refractivity contribution in [1.82, 2.24) is 9.80 Å². The molecule has 0 spiro atoms. The largest absolute Gasteiger partial charge is 0.394 e. The molecule has 0 bridgehead atoms. The van der Waals surface area contributed by atoms with Crippen LogP contribution in [0.15, 0.2) is 30.3 Å². The molecule has 0 radical (unpaired) electrons. The van der Waals surface area contributed by atoms with Crippen molar-refractivity contribution in [3.05, 3.63) is 35.9 Å². The van der Waals surface area contributed by atoms with Gasteiger partial charge in [0.1, 0.15) is 0 Å². The van der Waals surface area contributed by atoms with E-state index in [1.54, 1.807) is 0 Å². The summed E-state index contributed by atoms with van der Waals surface area (Å²) < 4.78 is 0. The van der Waals surface area contributed by atoms with E-state index in [1.807, 2.05) is 0 Å². The molecule has 0 amide bonds. The van der Waals surface area contributed by atoms with Gasteiger partial charge in [0.2, 0.25) is 0 Å². The maximum absolute atomic E-state index is 9.98. The van der Waals surface area contributed by atoms with Crippen LogP contribution >= 0.6 is 0 Å². The first-order chi connectivity index (χ1) is 11.7. The molecule has 0 aromatic heterocycles. The SMILES string of the molecule is C[C@@H]1[C@H]2[C@@H](CN1[C@H](CO)c1ccccc1)N2[C@H](C)C1CCCCC1. The highest BCUT2D eigenvalue weighted by Gasteiger charge is 2.61. The molecule has 2 aliphatic heterocycles. The van der Waals surface area contributed by atoms with Gasteiger partial charge in [0.25, 0.3) is 0 Å². The highest BCUT2D eigenvalue weighted by atomic mass is 16.3. The van der Waals surface area contributed by atoms with Crippen molar-refractivity contribution in [2.45, 2.75) is 76.2 Å². The van der Waals surface area contributed by atoms with Gasteiger partial charge >= 0.3 is 0 Å². The number of aliphatic hydroxyl groups is 1. The van der Waals surface area contributed by atoms with Crippen molar-refractivity contribution in [2.75, 3.05) is 13.2 Å². The number of piperazine rings is 1. The van der Waals surface area contributed by atoms with E-state index in [1.165, 1.54) is 37.7 Å². The smallest absolute Gasteiger partial charge is 0.0628 e. The Morgan fingerprint density at radius 2 is 1.83 bits per heavy atom. The lowest BCUT2D eigenvalue weighted by molar-refractivity contribution is 0.0757. The molecule has 132 valence electrons. The van der Waals surface area contributed by atoms with Crippen molar-refractivity contribution < 1.29 is 5.11 Å². The molecular formula is C21H32N2O. The third-order valence-corrected chi connectivity index (χ3v) is 7.01. The first kappa shape index (κ1) is 16.6. The third kappa shape index (κ3) is 2.81. The van der Waals surface area contributed by atoms with Crippen LogP contribution in [0.25, 0.3) is 0 Å². The lowest BCUT2D eigenvalue weighted by Gasteiger charge is -2.37. The summed E-state index contributed by atoms with van der Waals surface area (Å²) in [6.45, 7) is 6.16. The lowest BCUT2D eigenvalue weighted by atomic mass is 9.84. The number of fused-ring (bicyclic) bond motifs is 1. The minimum atomic E-state index is 0.154. The molecule has 3 fully saturated rings. The molecule has 1 unspecified atom stereocenters. The fourth-order valence-corrected chi connectivity index (χ4v) is 5.59. The molecule has 1 aromatic rings. The van der Waals surface area contributed by atoms with Gasteiger partial charge in [0.05, 0.1) is 12.6 Å². The Morgan fingerprint density at radius 3 is 2.42 bits per heavy atom. The number of benzene rings is 1. The molecule has 3 heteroatoms. The maximum Gasteiger partial charge on any atom is 0.0628 e. The van der Waals surface area contributed by atoms with E-state index in [9.17, 15) is 5.11 Å². The van der Waals surface area contributed by atoms with Crippen LogP contribution in [-0.2, 0) is 0 Å². The second-order valence-corrected chi connectivity index (χ2v) is 8.19. The summed E-state index contributed by atoms with van der Waals surface area (Å²) in [6, 6.07) is 13.4. The van der Waals surface area contributed by atoms with E-state index < -0.39 is 0 Å². The van der Waals surface area contributed by atoms with Crippen LogP contribution in [0.4, 0.5) is 0 Å². The van der Waals surface area contributed by atoms with Crippen LogP contribution in [0.5, 0.6) is 0 Å². The fraction of sp³-hybridized carbons (Fsp3) is 0.714. The van der Waals surface area contributed by atoms with Gasteiger partial charge < -0.3 is 5.11 Å². The zero-order chi connectivity index (χ0) is 16.7. The minimum absolute atomic E-state index is 0.154. The average molecular weight is 329 g/mol. The number of likely N-dealkylation sites (tertiary alicyclic amines) is 1. The van der Waals surface area contributed by atoms with Gasteiger partial charge in [0.15, 0.2) is 0 Å². The summed E-state index contributed by atoms with van der Waals surface area (Å²) in [7, 11) is 0. The van der Waals surface area contributed by atoms with Crippen LogP contribution in [0, 0.1) is 5.92 Å². The molecule has 3 nitrogen and oxygen atoms in total. The van der Waals surface area contributed by atoms with E-state index in [4.69, 9.17) is 0 Å². The monoisotopic (exact) mass is 328 g/mol. The molecular weight excluding hydrogens is 296 g/mol. The Balaban J connectivity index is 1.41. The van der Waals surface area contributed by atoms with Gasteiger partial charge in [-0.05, 0) is 38.2 Å². The Kier molecular flexibility index (Phi) is 4.68. The Hall–Kier alpha value is -0.900. The highest BCUT2D eigenvalue weighted by molar-refractivity contribution is 5.24.